The van der Waals surface area contributed by atoms with Crippen molar-refractivity contribution in [3.63, 3.8) is 0 Å². The fraction of sp³-hybridized carbons (Fsp3) is 0.200. The third kappa shape index (κ3) is 5.29. The van der Waals surface area contributed by atoms with Crippen LogP contribution in [-0.4, -0.2) is 25.5 Å². The molecule has 5 heteroatoms. The first-order valence-corrected chi connectivity index (χ1v) is 8.49. The summed E-state index contributed by atoms with van der Waals surface area (Å²) in [6.07, 6.45) is 2.87. The molecule has 0 heterocycles. The summed E-state index contributed by atoms with van der Waals surface area (Å²) in [6, 6.07) is 11.0. The molecule has 0 radical (unpaired) electrons. The molecule has 0 unspecified atom stereocenters. The number of ether oxygens (including phenoxy) is 2. The number of methoxy groups -OCH3 is 1. The quantitative estimate of drug-likeness (QED) is 0.405. The van der Waals surface area contributed by atoms with E-state index >= 15 is 0 Å². The maximum atomic E-state index is 12.2. The van der Waals surface area contributed by atoms with E-state index in [0.29, 0.717) is 11.3 Å². The van der Waals surface area contributed by atoms with Crippen molar-refractivity contribution < 1.29 is 19.1 Å². The molecule has 0 fully saturated rings. The van der Waals surface area contributed by atoms with Gasteiger partial charge in [0.05, 0.1) is 7.11 Å². The van der Waals surface area contributed by atoms with Gasteiger partial charge < -0.3 is 9.47 Å². The second-order valence-electron chi connectivity index (χ2n) is 5.57. The average Bonchev–Trinajstić information content (AvgIpc) is 2.58. The minimum absolute atomic E-state index is 0.223. The van der Waals surface area contributed by atoms with Gasteiger partial charge in [0.1, 0.15) is 5.75 Å². The predicted octanol–water partition coefficient (Wildman–Crippen LogP) is 4.51. The smallest absolute Gasteiger partial charge is 0.331 e. The lowest BCUT2D eigenvalue weighted by atomic mass is 10.0. The highest BCUT2D eigenvalue weighted by molar-refractivity contribution is 9.10. The molecule has 0 aliphatic carbocycles. The molecule has 25 heavy (non-hydrogen) atoms. The zero-order valence-corrected chi connectivity index (χ0v) is 15.9. The van der Waals surface area contributed by atoms with Gasteiger partial charge in [-0.05, 0) is 43.7 Å². The fourth-order valence-corrected chi connectivity index (χ4v) is 2.76. The molecule has 2 rings (SSSR count). The van der Waals surface area contributed by atoms with Crippen molar-refractivity contribution in [1.29, 1.82) is 0 Å². The molecule has 0 spiro atoms. The Hall–Kier alpha value is -2.40. The van der Waals surface area contributed by atoms with Gasteiger partial charge in [0.2, 0.25) is 5.78 Å². The van der Waals surface area contributed by atoms with Crippen molar-refractivity contribution in [3.8, 4) is 5.75 Å². The molecule has 0 amide bonds. The van der Waals surface area contributed by atoms with Gasteiger partial charge in [-0.25, -0.2) is 4.79 Å². The summed E-state index contributed by atoms with van der Waals surface area (Å²) in [5, 5.41) is 0. The van der Waals surface area contributed by atoms with Crippen molar-refractivity contribution >= 4 is 33.8 Å². The lowest BCUT2D eigenvalue weighted by Gasteiger charge is -2.07. The van der Waals surface area contributed by atoms with Crippen molar-refractivity contribution in [2.75, 3.05) is 13.7 Å². The molecule has 2 aromatic rings. The zero-order valence-electron chi connectivity index (χ0n) is 14.3. The number of carbonyl (C=O) groups is 2. The Labute approximate surface area is 155 Å². The molecule has 0 bridgehead atoms. The highest BCUT2D eigenvalue weighted by atomic mass is 79.9. The Balaban J connectivity index is 1.99. The van der Waals surface area contributed by atoms with Crippen LogP contribution in [0.2, 0.25) is 0 Å². The van der Waals surface area contributed by atoms with Gasteiger partial charge in [0.15, 0.2) is 6.61 Å². The average molecular weight is 403 g/mol. The number of esters is 1. The first-order chi connectivity index (χ1) is 11.9. The number of hydrogen-bond donors (Lipinski definition) is 0. The number of aryl methyl sites for hydroxylation is 2. The van der Waals surface area contributed by atoms with E-state index in [9.17, 15) is 9.59 Å². The zero-order chi connectivity index (χ0) is 18.4. The van der Waals surface area contributed by atoms with Crippen LogP contribution in [0.25, 0.3) is 6.08 Å². The van der Waals surface area contributed by atoms with Crippen LogP contribution in [0, 0.1) is 13.8 Å². The largest absolute Gasteiger partial charge is 0.496 e. The molecule has 0 atom stereocenters. The number of rotatable bonds is 6. The molecular weight excluding hydrogens is 384 g/mol. The first-order valence-electron chi connectivity index (χ1n) is 7.69. The first kappa shape index (κ1) is 18.9. The van der Waals surface area contributed by atoms with Crippen molar-refractivity contribution in [3.05, 3.63) is 69.2 Å². The number of Topliss-reactive ketones (excluding diaryl/α,β-unsaturated/α-hetero) is 1. The van der Waals surface area contributed by atoms with Crippen LogP contribution in [0.5, 0.6) is 5.75 Å². The van der Waals surface area contributed by atoms with E-state index in [1.807, 2.05) is 38.1 Å². The monoisotopic (exact) mass is 402 g/mol. The number of carbonyl (C=O) groups excluding carboxylic acids is 2. The van der Waals surface area contributed by atoms with Gasteiger partial charge in [0.25, 0.3) is 0 Å². The SMILES string of the molecule is COc1ccc(Br)cc1/C=C/C(=O)OCC(=O)c1ccc(C)cc1C. The van der Waals surface area contributed by atoms with Crippen LogP contribution < -0.4 is 4.74 Å². The van der Waals surface area contributed by atoms with Gasteiger partial charge in [-0.3, -0.25) is 4.79 Å². The Morgan fingerprint density at radius 3 is 2.56 bits per heavy atom. The summed E-state index contributed by atoms with van der Waals surface area (Å²) in [5.74, 6) is -0.168. The number of ketones is 1. The van der Waals surface area contributed by atoms with E-state index in [1.54, 1.807) is 25.3 Å². The van der Waals surface area contributed by atoms with E-state index in [4.69, 9.17) is 9.47 Å². The molecule has 130 valence electrons. The van der Waals surface area contributed by atoms with E-state index in [0.717, 1.165) is 21.2 Å². The lowest BCUT2D eigenvalue weighted by molar-refractivity contribution is -0.136. The van der Waals surface area contributed by atoms with E-state index in [2.05, 4.69) is 15.9 Å². The highest BCUT2D eigenvalue weighted by Gasteiger charge is 2.11. The molecule has 0 aliphatic heterocycles. The molecule has 0 saturated carbocycles. The Kier molecular flexibility index (Phi) is 6.53. The molecule has 0 aliphatic rings. The molecule has 0 aromatic heterocycles. The van der Waals surface area contributed by atoms with Crippen LogP contribution in [0.15, 0.2) is 46.9 Å². The summed E-state index contributed by atoms with van der Waals surface area (Å²) in [6.45, 7) is 3.53. The maximum absolute atomic E-state index is 12.2. The van der Waals surface area contributed by atoms with E-state index < -0.39 is 5.97 Å². The predicted molar refractivity (Wildman–Crippen MR) is 101 cm³/mol. The second kappa shape index (κ2) is 8.62. The van der Waals surface area contributed by atoms with Gasteiger partial charge >= 0.3 is 5.97 Å². The van der Waals surface area contributed by atoms with Gasteiger partial charge in [-0.2, -0.15) is 0 Å². The third-order valence-corrected chi connectivity index (χ3v) is 4.11. The minimum Gasteiger partial charge on any atom is -0.496 e. The number of benzene rings is 2. The van der Waals surface area contributed by atoms with Crippen LogP contribution >= 0.6 is 15.9 Å². The van der Waals surface area contributed by atoms with Gasteiger partial charge in [-0.1, -0.05) is 39.7 Å². The van der Waals surface area contributed by atoms with E-state index in [1.165, 1.54) is 6.08 Å². The molecular formula is C20H19BrO4. The van der Waals surface area contributed by atoms with E-state index in [-0.39, 0.29) is 12.4 Å². The summed E-state index contributed by atoms with van der Waals surface area (Å²) < 4.78 is 11.1. The van der Waals surface area contributed by atoms with Crippen LogP contribution in [0.1, 0.15) is 27.0 Å². The van der Waals surface area contributed by atoms with Crippen LogP contribution in [0.4, 0.5) is 0 Å². The highest BCUT2D eigenvalue weighted by Crippen LogP contribution is 2.24. The number of halogens is 1. The second-order valence-corrected chi connectivity index (χ2v) is 6.48. The topological polar surface area (TPSA) is 52.6 Å². The molecule has 4 nitrogen and oxygen atoms in total. The summed E-state index contributed by atoms with van der Waals surface area (Å²) in [4.78, 5) is 24.0. The van der Waals surface area contributed by atoms with Crippen LogP contribution in [0.3, 0.4) is 0 Å². The number of hydrogen-bond acceptors (Lipinski definition) is 4. The van der Waals surface area contributed by atoms with Crippen LogP contribution in [-0.2, 0) is 9.53 Å². The third-order valence-electron chi connectivity index (χ3n) is 3.62. The minimum atomic E-state index is -0.583. The Morgan fingerprint density at radius 2 is 1.88 bits per heavy atom. The van der Waals surface area contributed by atoms with Crippen molar-refractivity contribution in [2.45, 2.75) is 13.8 Å². The molecule has 0 saturated heterocycles. The molecule has 0 N–H and O–H groups in total. The van der Waals surface area contributed by atoms with Crippen molar-refractivity contribution in [2.24, 2.45) is 0 Å². The fourth-order valence-electron chi connectivity index (χ4n) is 2.38. The Bertz CT molecular complexity index is 824. The standard InChI is InChI=1S/C20H19BrO4/c1-13-4-7-17(14(2)10-13)18(22)12-25-20(23)9-5-15-11-16(21)6-8-19(15)24-3/h4-11H,12H2,1-3H3/b9-5+. The summed E-state index contributed by atoms with van der Waals surface area (Å²) in [5.41, 5.74) is 3.25. The summed E-state index contributed by atoms with van der Waals surface area (Å²) >= 11 is 3.37. The maximum Gasteiger partial charge on any atom is 0.331 e. The lowest BCUT2D eigenvalue weighted by Crippen LogP contribution is -2.13. The normalized spacial score (nSPS) is 10.7. The Morgan fingerprint density at radius 1 is 1.12 bits per heavy atom. The van der Waals surface area contributed by atoms with Gasteiger partial charge in [0, 0.05) is 21.7 Å². The molecule has 2 aromatic carbocycles. The van der Waals surface area contributed by atoms with Crippen molar-refractivity contribution in [1.82, 2.24) is 0 Å². The van der Waals surface area contributed by atoms with Gasteiger partial charge in [-0.15, -0.1) is 0 Å². The summed E-state index contributed by atoms with van der Waals surface area (Å²) in [7, 11) is 1.56.